The van der Waals surface area contributed by atoms with Crippen LogP contribution in [0.15, 0.2) is 65.2 Å². The summed E-state index contributed by atoms with van der Waals surface area (Å²) < 4.78 is 0. The van der Waals surface area contributed by atoms with Gasteiger partial charge in [0.2, 0.25) is 0 Å². The van der Waals surface area contributed by atoms with E-state index in [1.807, 2.05) is 53.4 Å². The highest BCUT2D eigenvalue weighted by Gasteiger charge is 2.42. The Morgan fingerprint density at radius 1 is 1.19 bits per heavy atom. The molecule has 1 amide bonds. The van der Waals surface area contributed by atoms with Crippen molar-refractivity contribution in [2.75, 3.05) is 32.7 Å². The minimum absolute atomic E-state index is 0.0743. The van der Waals surface area contributed by atoms with Crippen LogP contribution in [0.4, 0.5) is 0 Å². The highest BCUT2D eigenvalue weighted by Crippen LogP contribution is 2.36. The fourth-order valence-corrected chi connectivity index (χ4v) is 5.30. The number of carbonyl (C=O) groups excluding carboxylic acids is 1. The van der Waals surface area contributed by atoms with E-state index in [0.717, 1.165) is 29.8 Å². The Labute approximate surface area is 194 Å². The van der Waals surface area contributed by atoms with Crippen LogP contribution in [0.25, 0.3) is 0 Å². The van der Waals surface area contributed by atoms with E-state index in [-0.39, 0.29) is 11.9 Å². The predicted octanol–water partition coefficient (Wildman–Crippen LogP) is 3.90. The minimum atomic E-state index is -0.866. The Bertz CT molecular complexity index is 1090. The van der Waals surface area contributed by atoms with E-state index in [1.165, 1.54) is 5.57 Å². The highest BCUT2D eigenvalue weighted by atomic mass is 35.5. The number of allylic oxidation sites excluding steroid dienone is 1. The van der Waals surface area contributed by atoms with Gasteiger partial charge < -0.3 is 10.0 Å². The number of carbonyl (C=O) groups is 1. The van der Waals surface area contributed by atoms with Gasteiger partial charge in [-0.25, -0.2) is 0 Å². The van der Waals surface area contributed by atoms with E-state index in [2.05, 4.69) is 22.9 Å². The Hall–Kier alpha value is -2.47. The number of hydrogen-bond acceptors (Lipinski definition) is 4. The lowest BCUT2D eigenvalue weighted by molar-refractivity contribution is -0.0740. The number of piperazine rings is 1. The molecule has 5 nitrogen and oxygen atoms in total. The second kappa shape index (κ2) is 8.47. The Morgan fingerprint density at radius 2 is 2.00 bits per heavy atom. The third kappa shape index (κ3) is 4.01. The SMILES string of the molecule is CC1=CCN=C1c1cccc(C(=O)N2CCN3C[C@@](O)(c4ccc(Cl)cc4)CC[C@@H]3C2)c1. The number of aliphatic imine (C=N–C) groups is 1. The largest absolute Gasteiger partial charge is 0.384 e. The normalized spacial score (nSPS) is 25.8. The number of aliphatic hydroxyl groups is 1. The van der Waals surface area contributed by atoms with Crippen LogP contribution in [0.5, 0.6) is 0 Å². The second-order valence-corrected chi connectivity index (χ2v) is 9.55. The Morgan fingerprint density at radius 3 is 2.75 bits per heavy atom. The number of piperidine rings is 1. The van der Waals surface area contributed by atoms with Gasteiger partial charge in [0.1, 0.15) is 5.60 Å². The van der Waals surface area contributed by atoms with Crippen molar-refractivity contribution >= 4 is 23.2 Å². The summed E-state index contributed by atoms with van der Waals surface area (Å²) in [6, 6.07) is 15.6. The number of fused-ring (bicyclic) bond motifs is 1. The first-order chi connectivity index (χ1) is 15.4. The summed E-state index contributed by atoms with van der Waals surface area (Å²) in [5.74, 6) is 0.0743. The van der Waals surface area contributed by atoms with E-state index in [4.69, 9.17) is 11.6 Å². The fraction of sp³-hybridized carbons (Fsp3) is 0.385. The molecular formula is C26H28ClN3O2. The minimum Gasteiger partial charge on any atom is -0.384 e. The van der Waals surface area contributed by atoms with E-state index in [1.54, 1.807) is 0 Å². The third-order valence-electron chi connectivity index (χ3n) is 7.03. The van der Waals surface area contributed by atoms with Crippen LogP contribution in [0, 0.1) is 0 Å². The summed E-state index contributed by atoms with van der Waals surface area (Å²) in [6.07, 6.45) is 3.64. The molecule has 2 fully saturated rings. The number of benzene rings is 2. The molecule has 0 aliphatic carbocycles. The van der Waals surface area contributed by atoms with Gasteiger partial charge in [0.25, 0.3) is 5.91 Å². The lowest BCUT2D eigenvalue weighted by Crippen LogP contribution is -2.60. The van der Waals surface area contributed by atoms with Gasteiger partial charge in [0.05, 0.1) is 12.3 Å². The number of amides is 1. The van der Waals surface area contributed by atoms with E-state index < -0.39 is 5.60 Å². The Kier molecular flexibility index (Phi) is 5.66. The molecule has 5 rings (SSSR count). The van der Waals surface area contributed by atoms with Gasteiger partial charge in [-0.1, -0.05) is 41.9 Å². The molecule has 2 aromatic carbocycles. The lowest BCUT2D eigenvalue weighted by atomic mass is 9.82. The van der Waals surface area contributed by atoms with Crippen LogP contribution in [0.2, 0.25) is 5.02 Å². The quantitative estimate of drug-likeness (QED) is 0.773. The summed E-state index contributed by atoms with van der Waals surface area (Å²) in [5.41, 5.74) is 3.92. The van der Waals surface area contributed by atoms with Crippen molar-refractivity contribution in [1.82, 2.24) is 9.80 Å². The Balaban J connectivity index is 1.27. The van der Waals surface area contributed by atoms with Crippen LogP contribution in [-0.4, -0.2) is 65.3 Å². The highest BCUT2D eigenvalue weighted by molar-refractivity contribution is 6.30. The smallest absolute Gasteiger partial charge is 0.253 e. The topological polar surface area (TPSA) is 56.1 Å². The molecule has 2 saturated heterocycles. The summed E-state index contributed by atoms with van der Waals surface area (Å²) >= 11 is 6.02. The molecule has 3 heterocycles. The van der Waals surface area contributed by atoms with E-state index >= 15 is 0 Å². The molecular weight excluding hydrogens is 422 g/mol. The molecule has 32 heavy (non-hydrogen) atoms. The molecule has 0 radical (unpaired) electrons. The predicted molar refractivity (Wildman–Crippen MR) is 127 cm³/mol. The molecule has 2 aromatic rings. The van der Waals surface area contributed by atoms with Gasteiger partial charge in [-0.05, 0) is 55.2 Å². The molecule has 3 aliphatic heterocycles. The number of nitrogens with zero attached hydrogens (tertiary/aromatic N) is 3. The van der Waals surface area contributed by atoms with Crippen LogP contribution >= 0.6 is 11.6 Å². The van der Waals surface area contributed by atoms with E-state index in [0.29, 0.717) is 43.2 Å². The first kappa shape index (κ1) is 21.4. The number of halogens is 1. The molecule has 0 spiro atoms. The lowest BCUT2D eigenvalue weighted by Gasteiger charge is -2.49. The van der Waals surface area contributed by atoms with Gasteiger partial charge in [0.15, 0.2) is 0 Å². The van der Waals surface area contributed by atoms with Crippen molar-refractivity contribution in [2.45, 2.75) is 31.4 Å². The molecule has 0 aromatic heterocycles. The van der Waals surface area contributed by atoms with Gasteiger partial charge in [-0.3, -0.25) is 14.7 Å². The molecule has 1 N–H and O–H groups in total. The zero-order valence-electron chi connectivity index (χ0n) is 18.3. The van der Waals surface area contributed by atoms with Crippen LogP contribution in [0.1, 0.15) is 41.3 Å². The maximum Gasteiger partial charge on any atom is 0.253 e. The molecule has 2 atom stereocenters. The second-order valence-electron chi connectivity index (χ2n) is 9.11. The zero-order valence-corrected chi connectivity index (χ0v) is 19.1. The van der Waals surface area contributed by atoms with Crippen molar-refractivity contribution < 1.29 is 9.90 Å². The molecule has 6 heteroatoms. The first-order valence-corrected chi connectivity index (χ1v) is 11.6. The standard InChI is InChI=1S/C26H28ClN3O2/c1-18-10-12-28-24(18)19-3-2-4-20(15-19)25(31)29-13-14-30-17-26(32,11-9-23(30)16-29)21-5-7-22(27)8-6-21/h2-8,10,15,23,32H,9,11-14,16-17H2,1H3/t23-,26-/m1/s1. The number of hydrogen-bond donors (Lipinski definition) is 1. The molecule has 0 saturated carbocycles. The van der Waals surface area contributed by atoms with Gasteiger partial charge in [-0.2, -0.15) is 0 Å². The van der Waals surface area contributed by atoms with Crippen molar-refractivity contribution in [3.8, 4) is 0 Å². The van der Waals surface area contributed by atoms with Crippen LogP contribution in [-0.2, 0) is 5.60 Å². The molecule has 0 bridgehead atoms. The maximum absolute atomic E-state index is 13.3. The summed E-state index contributed by atoms with van der Waals surface area (Å²) in [4.78, 5) is 22.2. The summed E-state index contributed by atoms with van der Waals surface area (Å²) in [6.45, 7) is 5.48. The van der Waals surface area contributed by atoms with Crippen molar-refractivity contribution in [3.63, 3.8) is 0 Å². The third-order valence-corrected chi connectivity index (χ3v) is 7.28. The van der Waals surface area contributed by atoms with Crippen molar-refractivity contribution in [1.29, 1.82) is 0 Å². The van der Waals surface area contributed by atoms with E-state index in [9.17, 15) is 9.90 Å². The van der Waals surface area contributed by atoms with Gasteiger partial charge in [0, 0.05) is 48.4 Å². The summed E-state index contributed by atoms with van der Waals surface area (Å²) in [5, 5.41) is 12.0. The average molecular weight is 450 g/mol. The van der Waals surface area contributed by atoms with Crippen LogP contribution < -0.4 is 0 Å². The molecule has 166 valence electrons. The van der Waals surface area contributed by atoms with Crippen molar-refractivity contribution in [2.24, 2.45) is 4.99 Å². The summed E-state index contributed by atoms with van der Waals surface area (Å²) in [7, 11) is 0. The van der Waals surface area contributed by atoms with Gasteiger partial charge >= 0.3 is 0 Å². The van der Waals surface area contributed by atoms with Crippen LogP contribution in [0.3, 0.4) is 0 Å². The fourth-order valence-electron chi connectivity index (χ4n) is 5.17. The molecule has 0 unspecified atom stereocenters. The monoisotopic (exact) mass is 449 g/mol. The first-order valence-electron chi connectivity index (χ1n) is 11.3. The van der Waals surface area contributed by atoms with Gasteiger partial charge in [-0.15, -0.1) is 0 Å². The van der Waals surface area contributed by atoms with Crippen molar-refractivity contribution in [3.05, 3.63) is 81.9 Å². The number of rotatable bonds is 3. The molecule has 3 aliphatic rings. The maximum atomic E-state index is 13.3. The zero-order chi connectivity index (χ0) is 22.3. The average Bonchev–Trinajstić information content (AvgIpc) is 3.24.